The molecule has 0 unspecified atom stereocenters. The van der Waals surface area contributed by atoms with Crippen LogP contribution in [0.15, 0.2) is 35.2 Å². The second kappa shape index (κ2) is 4.40. The molecule has 17 heavy (non-hydrogen) atoms. The normalized spacial score (nSPS) is 21.2. The van der Waals surface area contributed by atoms with Crippen LogP contribution in [-0.2, 0) is 19.9 Å². The third-order valence-corrected chi connectivity index (χ3v) is 6.21. The molecule has 0 atom stereocenters. The van der Waals surface area contributed by atoms with Crippen LogP contribution in [0.4, 0.5) is 0 Å². The van der Waals surface area contributed by atoms with Gasteiger partial charge in [0.1, 0.15) is 0 Å². The lowest BCUT2D eigenvalue weighted by Gasteiger charge is -2.25. The first-order valence-electron chi connectivity index (χ1n) is 5.17. The summed E-state index contributed by atoms with van der Waals surface area (Å²) in [6.45, 7) is 0.0825. The van der Waals surface area contributed by atoms with Gasteiger partial charge < -0.3 is 0 Å². The minimum absolute atomic E-state index is 0.0412. The molecule has 2 rings (SSSR count). The van der Waals surface area contributed by atoms with E-state index in [4.69, 9.17) is 0 Å². The van der Waals surface area contributed by atoms with E-state index in [2.05, 4.69) is 0 Å². The van der Waals surface area contributed by atoms with Gasteiger partial charge in [0.05, 0.1) is 16.4 Å². The summed E-state index contributed by atoms with van der Waals surface area (Å²) in [5.74, 6) is -0.196. The summed E-state index contributed by atoms with van der Waals surface area (Å²) in [5.41, 5.74) is 0. The highest BCUT2D eigenvalue weighted by Crippen LogP contribution is 2.17. The molecule has 1 heterocycles. The maximum Gasteiger partial charge on any atom is 0.243 e. The predicted molar refractivity (Wildman–Crippen MR) is 63.9 cm³/mol. The van der Waals surface area contributed by atoms with Crippen LogP contribution in [0.5, 0.6) is 0 Å². The maximum atomic E-state index is 12.1. The molecule has 1 aliphatic heterocycles. The summed E-state index contributed by atoms with van der Waals surface area (Å²) in [7, 11) is -6.61. The second-order valence-corrected chi connectivity index (χ2v) is 8.11. The molecule has 0 aromatic heterocycles. The second-order valence-electron chi connectivity index (χ2n) is 3.87. The van der Waals surface area contributed by atoms with Crippen molar-refractivity contribution in [2.75, 3.05) is 24.6 Å². The summed E-state index contributed by atoms with van der Waals surface area (Å²) in [6, 6.07) is 8.05. The van der Waals surface area contributed by atoms with E-state index in [1.54, 1.807) is 18.2 Å². The fourth-order valence-corrected chi connectivity index (χ4v) is 4.57. The number of sulfonamides is 1. The van der Waals surface area contributed by atoms with Crippen molar-refractivity contribution in [1.29, 1.82) is 0 Å². The van der Waals surface area contributed by atoms with Gasteiger partial charge in [0.15, 0.2) is 9.84 Å². The Balaban J connectivity index is 2.24. The third-order valence-electron chi connectivity index (χ3n) is 2.68. The molecule has 0 amide bonds. The molecule has 0 saturated carbocycles. The van der Waals surface area contributed by atoms with Crippen molar-refractivity contribution in [3.63, 3.8) is 0 Å². The molecule has 1 fully saturated rings. The average molecular weight is 275 g/mol. The van der Waals surface area contributed by atoms with Crippen LogP contribution in [0.1, 0.15) is 0 Å². The number of nitrogens with zero attached hydrogens (tertiary/aromatic N) is 1. The molecule has 0 spiro atoms. The lowest BCUT2D eigenvalue weighted by atomic mass is 10.4. The number of benzene rings is 1. The quantitative estimate of drug-likeness (QED) is 0.768. The van der Waals surface area contributed by atoms with Crippen molar-refractivity contribution < 1.29 is 16.8 Å². The van der Waals surface area contributed by atoms with Gasteiger partial charge in [-0.05, 0) is 12.1 Å². The average Bonchev–Trinajstić information content (AvgIpc) is 2.29. The van der Waals surface area contributed by atoms with E-state index < -0.39 is 19.9 Å². The predicted octanol–water partition coefficient (Wildman–Crippen LogP) is 0.106. The molecule has 1 aromatic rings. The van der Waals surface area contributed by atoms with Crippen molar-refractivity contribution in [3.8, 4) is 0 Å². The fourth-order valence-electron chi connectivity index (χ4n) is 1.68. The monoisotopic (exact) mass is 275 g/mol. The van der Waals surface area contributed by atoms with Crippen LogP contribution in [-0.4, -0.2) is 45.7 Å². The van der Waals surface area contributed by atoms with Crippen molar-refractivity contribution in [3.05, 3.63) is 30.3 Å². The summed E-state index contributed by atoms with van der Waals surface area (Å²) < 4.78 is 48.0. The Labute approximate surface area is 101 Å². The van der Waals surface area contributed by atoms with Crippen LogP contribution in [0.25, 0.3) is 0 Å². The van der Waals surface area contributed by atoms with Gasteiger partial charge in [0, 0.05) is 13.1 Å². The van der Waals surface area contributed by atoms with Crippen LogP contribution >= 0.6 is 0 Å². The number of hydrogen-bond acceptors (Lipinski definition) is 4. The Morgan fingerprint density at radius 3 is 2.06 bits per heavy atom. The van der Waals surface area contributed by atoms with E-state index in [1.807, 2.05) is 0 Å². The fraction of sp³-hybridized carbons (Fsp3) is 0.400. The lowest BCUT2D eigenvalue weighted by molar-refractivity contribution is 0.431. The van der Waals surface area contributed by atoms with Crippen molar-refractivity contribution in [2.45, 2.75) is 4.90 Å². The molecule has 0 N–H and O–H groups in total. The van der Waals surface area contributed by atoms with Crippen LogP contribution in [0.2, 0.25) is 0 Å². The van der Waals surface area contributed by atoms with Gasteiger partial charge >= 0.3 is 0 Å². The van der Waals surface area contributed by atoms with Crippen molar-refractivity contribution in [2.24, 2.45) is 0 Å². The molecule has 1 aromatic carbocycles. The molecule has 94 valence electrons. The third kappa shape index (κ3) is 2.67. The van der Waals surface area contributed by atoms with Gasteiger partial charge in [0.2, 0.25) is 10.0 Å². The Morgan fingerprint density at radius 1 is 1.00 bits per heavy atom. The molecule has 7 heteroatoms. The van der Waals surface area contributed by atoms with Crippen molar-refractivity contribution in [1.82, 2.24) is 4.31 Å². The summed E-state index contributed by atoms with van der Waals surface area (Å²) in [4.78, 5) is 0.208. The topological polar surface area (TPSA) is 71.5 Å². The van der Waals surface area contributed by atoms with Gasteiger partial charge in [0.25, 0.3) is 0 Å². The summed E-state index contributed by atoms with van der Waals surface area (Å²) in [5, 5.41) is 0. The Kier molecular flexibility index (Phi) is 3.24. The van der Waals surface area contributed by atoms with Gasteiger partial charge in [-0.3, -0.25) is 0 Å². The van der Waals surface area contributed by atoms with E-state index in [-0.39, 0.29) is 29.5 Å². The molecule has 0 radical (unpaired) electrons. The molecular formula is C10H13NO4S2. The van der Waals surface area contributed by atoms with E-state index in [9.17, 15) is 16.8 Å². The zero-order valence-electron chi connectivity index (χ0n) is 9.11. The lowest BCUT2D eigenvalue weighted by Crippen LogP contribution is -2.43. The molecule has 5 nitrogen and oxygen atoms in total. The summed E-state index contributed by atoms with van der Waals surface area (Å²) in [6.07, 6.45) is 0. The zero-order valence-corrected chi connectivity index (χ0v) is 10.7. The first-order valence-corrected chi connectivity index (χ1v) is 8.44. The Morgan fingerprint density at radius 2 is 1.53 bits per heavy atom. The highest BCUT2D eigenvalue weighted by atomic mass is 32.2. The zero-order chi connectivity index (χ0) is 12.5. The highest BCUT2D eigenvalue weighted by molar-refractivity contribution is 7.92. The Hall–Kier alpha value is -0.920. The van der Waals surface area contributed by atoms with Crippen molar-refractivity contribution >= 4 is 19.9 Å². The largest absolute Gasteiger partial charge is 0.243 e. The minimum Gasteiger partial charge on any atom is -0.229 e. The number of sulfone groups is 1. The van der Waals surface area contributed by atoms with Gasteiger partial charge in [-0.2, -0.15) is 4.31 Å². The molecule has 1 aliphatic rings. The van der Waals surface area contributed by atoms with E-state index >= 15 is 0 Å². The maximum absolute atomic E-state index is 12.1. The number of rotatable bonds is 2. The first-order chi connectivity index (χ1) is 7.92. The molecule has 1 saturated heterocycles. The Bertz CT molecular complexity index is 578. The van der Waals surface area contributed by atoms with Gasteiger partial charge in [-0.1, -0.05) is 18.2 Å². The molecule has 0 bridgehead atoms. The van der Waals surface area contributed by atoms with Gasteiger partial charge in [-0.15, -0.1) is 0 Å². The van der Waals surface area contributed by atoms with Crippen LogP contribution < -0.4 is 0 Å². The number of hydrogen-bond donors (Lipinski definition) is 0. The molecular weight excluding hydrogens is 262 g/mol. The summed E-state index contributed by atoms with van der Waals surface area (Å²) >= 11 is 0. The standard InChI is InChI=1S/C10H13NO4S2/c12-16(13)8-6-11(7-9-16)17(14,15)10-4-2-1-3-5-10/h1-5H,6-9H2. The first kappa shape index (κ1) is 12.5. The molecule has 0 aliphatic carbocycles. The van der Waals surface area contributed by atoms with E-state index in [0.29, 0.717) is 0 Å². The minimum atomic E-state index is -3.54. The van der Waals surface area contributed by atoms with E-state index in [0.717, 1.165) is 0 Å². The van der Waals surface area contributed by atoms with Crippen LogP contribution in [0.3, 0.4) is 0 Å². The highest BCUT2D eigenvalue weighted by Gasteiger charge is 2.30. The van der Waals surface area contributed by atoms with Gasteiger partial charge in [-0.25, -0.2) is 16.8 Å². The smallest absolute Gasteiger partial charge is 0.229 e. The van der Waals surface area contributed by atoms with E-state index in [1.165, 1.54) is 16.4 Å². The SMILES string of the molecule is O=S1(=O)CCN(S(=O)(=O)c2ccccc2)CC1. The van der Waals surface area contributed by atoms with Crippen LogP contribution in [0, 0.1) is 0 Å².